The Balaban J connectivity index is 3.72. The van der Waals surface area contributed by atoms with Crippen molar-refractivity contribution in [1.29, 1.82) is 0 Å². The molecule has 0 aromatic rings. The zero-order valence-corrected chi connectivity index (χ0v) is 31.9. The zero-order chi connectivity index (χ0) is 36.4. The van der Waals surface area contributed by atoms with Gasteiger partial charge in [-0.1, -0.05) is 143 Å². The summed E-state index contributed by atoms with van der Waals surface area (Å²) in [7, 11) is 0. The van der Waals surface area contributed by atoms with Crippen LogP contribution in [0.3, 0.4) is 0 Å². The molecular formula is C45H72O5. The second-order valence-electron chi connectivity index (χ2n) is 12.6. The maximum atomic E-state index is 12.2. The third-order valence-electron chi connectivity index (χ3n) is 7.86. The zero-order valence-electron chi connectivity index (χ0n) is 31.9. The Hall–Kier alpha value is -3.18. The van der Waals surface area contributed by atoms with Crippen LogP contribution in [0.1, 0.15) is 155 Å². The predicted octanol–water partition coefficient (Wildman–Crippen LogP) is 12.5. The Kier molecular flexibility index (Phi) is 37.7. The van der Waals surface area contributed by atoms with Gasteiger partial charge in [0.1, 0.15) is 6.61 Å². The SMILES string of the molecule is CCC=CCC=CCC=CCC=CCCCCCCC(=O)OC(CO)COC(=O)CCCCCC=CCC=CCC=CCC=CCCCCC. The number of allylic oxidation sites excluding steroid dienone is 16. The number of hydrogen-bond acceptors (Lipinski definition) is 5. The van der Waals surface area contributed by atoms with Crippen LogP contribution >= 0.6 is 0 Å². The third-order valence-corrected chi connectivity index (χ3v) is 7.86. The van der Waals surface area contributed by atoms with Gasteiger partial charge in [-0.15, -0.1) is 0 Å². The summed E-state index contributed by atoms with van der Waals surface area (Å²) in [5, 5.41) is 9.55. The summed E-state index contributed by atoms with van der Waals surface area (Å²) in [6, 6.07) is 0. The number of carbonyl (C=O) groups excluding carboxylic acids is 2. The first-order valence-electron chi connectivity index (χ1n) is 19.8. The van der Waals surface area contributed by atoms with Crippen molar-refractivity contribution >= 4 is 11.9 Å². The largest absolute Gasteiger partial charge is 0.462 e. The molecule has 5 nitrogen and oxygen atoms in total. The van der Waals surface area contributed by atoms with E-state index in [0.717, 1.165) is 103 Å². The lowest BCUT2D eigenvalue weighted by Gasteiger charge is -2.15. The van der Waals surface area contributed by atoms with Crippen molar-refractivity contribution in [2.75, 3.05) is 13.2 Å². The molecule has 0 aromatic carbocycles. The second kappa shape index (κ2) is 40.3. The molecule has 50 heavy (non-hydrogen) atoms. The van der Waals surface area contributed by atoms with Gasteiger partial charge >= 0.3 is 11.9 Å². The number of esters is 2. The van der Waals surface area contributed by atoms with E-state index in [-0.39, 0.29) is 25.2 Å². The van der Waals surface area contributed by atoms with Crippen LogP contribution in [0.2, 0.25) is 0 Å². The van der Waals surface area contributed by atoms with Crippen LogP contribution in [-0.4, -0.2) is 36.4 Å². The molecule has 0 radical (unpaired) electrons. The van der Waals surface area contributed by atoms with E-state index in [1.165, 1.54) is 25.7 Å². The molecular weight excluding hydrogens is 620 g/mol. The highest BCUT2D eigenvalue weighted by molar-refractivity contribution is 5.70. The van der Waals surface area contributed by atoms with Crippen molar-refractivity contribution in [1.82, 2.24) is 0 Å². The predicted molar refractivity (Wildman–Crippen MR) is 214 cm³/mol. The molecule has 5 heteroatoms. The lowest BCUT2D eigenvalue weighted by Crippen LogP contribution is -2.28. The molecule has 1 unspecified atom stereocenters. The van der Waals surface area contributed by atoms with Gasteiger partial charge < -0.3 is 14.6 Å². The van der Waals surface area contributed by atoms with Crippen LogP contribution in [-0.2, 0) is 19.1 Å². The quantitative estimate of drug-likeness (QED) is 0.0413. The van der Waals surface area contributed by atoms with Crippen LogP contribution in [0, 0.1) is 0 Å². The number of carbonyl (C=O) groups is 2. The number of rotatable bonds is 34. The molecule has 282 valence electrons. The third kappa shape index (κ3) is 37.6. The van der Waals surface area contributed by atoms with E-state index in [2.05, 4.69) is 111 Å². The number of aliphatic hydroxyl groups is 1. The normalized spacial score (nSPS) is 13.3. The Bertz CT molecular complexity index is 1010. The molecule has 0 fully saturated rings. The Labute approximate surface area is 307 Å². The summed E-state index contributed by atoms with van der Waals surface area (Å²) >= 11 is 0. The van der Waals surface area contributed by atoms with Crippen molar-refractivity contribution < 1.29 is 24.2 Å². The number of unbranched alkanes of at least 4 members (excludes halogenated alkanes) is 10. The van der Waals surface area contributed by atoms with Crippen LogP contribution in [0.25, 0.3) is 0 Å². The Morgan fingerprint density at radius 2 is 0.860 bits per heavy atom. The van der Waals surface area contributed by atoms with E-state index >= 15 is 0 Å². The molecule has 0 bridgehead atoms. The van der Waals surface area contributed by atoms with Crippen LogP contribution in [0.5, 0.6) is 0 Å². The van der Waals surface area contributed by atoms with Crippen LogP contribution in [0.15, 0.2) is 97.2 Å². The fourth-order valence-corrected chi connectivity index (χ4v) is 4.88. The molecule has 0 spiro atoms. The summed E-state index contributed by atoms with van der Waals surface area (Å²) in [5.74, 6) is -0.665. The Morgan fingerprint density at radius 3 is 1.30 bits per heavy atom. The summed E-state index contributed by atoms with van der Waals surface area (Å²) < 4.78 is 10.6. The summed E-state index contributed by atoms with van der Waals surface area (Å²) in [5.41, 5.74) is 0. The van der Waals surface area contributed by atoms with Gasteiger partial charge in [0.05, 0.1) is 6.61 Å². The van der Waals surface area contributed by atoms with Crippen LogP contribution < -0.4 is 0 Å². The maximum absolute atomic E-state index is 12.2. The van der Waals surface area contributed by atoms with Gasteiger partial charge in [-0.3, -0.25) is 9.59 Å². The number of hydrogen-bond donors (Lipinski definition) is 1. The van der Waals surface area contributed by atoms with Crippen molar-refractivity contribution in [3.63, 3.8) is 0 Å². The van der Waals surface area contributed by atoms with E-state index < -0.39 is 6.10 Å². The lowest BCUT2D eigenvalue weighted by atomic mass is 10.1. The molecule has 0 aliphatic heterocycles. The standard InChI is InChI=1S/C45H72O5/c1-3-5-7-9-11-13-15-17-19-21-22-24-25-27-29-31-33-35-37-39-44(47)49-42-43(41-46)50-45(48)40-38-36-34-32-30-28-26-23-20-18-16-14-12-10-8-6-4-2/h6,8,11-14,17-20,22,24,26-29,43,46H,3-5,7,9-10,15-16,21,23,25,30-42H2,1-2H3. The van der Waals surface area contributed by atoms with E-state index in [1.54, 1.807) is 0 Å². The lowest BCUT2D eigenvalue weighted by molar-refractivity contribution is -0.161. The minimum absolute atomic E-state index is 0.0990. The van der Waals surface area contributed by atoms with Crippen molar-refractivity contribution in [3.8, 4) is 0 Å². The molecule has 1 N–H and O–H groups in total. The van der Waals surface area contributed by atoms with E-state index in [9.17, 15) is 14.7 Å². The first-order valence-corrected chi connectivity index (χ1v) is 19.8. The molecule has 0 saturated carbocycles. The van der Waals surface area contributed by atoms with Gasteiger partial charge in [-0.25, -0.2) is 0 Å². The van der Waals surface area contributed by atoms with Crippen molar-refractivity contribution in [2.45, 2.75) is 161 Å². The Morgan fingerprint density at radius 1 is 0.480 bits per heavy atom. The minimum Gasteiger partial charge on any atom is -0.462 e. The number of aliphatic hydroxyl groups excluding tert-OH is 1. The minimum atomic E-state index is -0.804. The van der Waals surface area contributed by atoms with Gasteiger partial charge in [0.2, 0.25) is 0 Å². The summed E-state index contributed by atoms with van der Waals surface area (Å²) in [4.78, 5) is 24.3. The molecule has 0 rings (SSSR count). The average molecular weight is 693 g/mol. The highest BCUT2D eigenvalue weighted by atomic mass is 16.6. The number of ether oxygens (including phenoxy) is 2. The van der Waals surface area contributed by atoms with E-state index in [1.807, 2.05) is 0 Å². The smallest absolute Gasteiger partial charge is 0.306 e. The molecule has 1 atom stereocenters. The summed E-state index contributed by atoms with van der Waals surface area (Å²) in [6.45, 7) is 3.92. The van der Waals surface area contributed by atoms with Gasteiger partial charge in [0.25, 0.3) is 0 Å². The molecule has 0 aliphatic carbocycles. The first-order chi connectivity index (χ1) is 24.6. The summed E-state index contributed by atoms with van der Waals surface area (Å²) in [6.07, 6.45) is 56.0. The highest BCUT2D eigenvalue weighted by Gasteiger charge is 2.16. The van der Waals surface area contributed by atoms with Crippen LogP contribution in [0.4, 0.5) is 0 Å². The van der Waals surface area contributed by atoms with Gasteiger partial charge in [0, 0.05) is 12.8 Å². The highest BCUT2D eigenvalue weighted by Crippen LogP contribution is 2.10. The maximum Gasteiger partial charge on any atom is 0.306 e. The van der Waals surface area contributed by atoms with Gasteiger partial charge in [0.15, 0.2) is 6.10 Å². The molecule has 0 saturated heterocycles. The molecule has 0 heterocycles. The van der Waals surface area contributed by atoms with E-state index in [0.29, 0.717) is 12.8 Å². The topological polar surface area (TPSA) is 72.8 Å². The monoisotopic (exact) mass is 693 g/mol. The fraction of sp³-hybridized carbons (Fsp3) is 0.600. The average Bonchev–Trinajstić information content (AvgIpc) is 3.12. The molecule has 0 amide bonds. The molecule has 0 aromatic heterocycles. The van der Waals surface area contributed by atoms with E-state index in [4.69, 9.17) is 9.47 Å². The fourth-order valence-electron chi connectivity index (χ4n) is 4.88. The van der Waals surface area contributed by atoms with Gasteiger partial charge in [-0.2, -0.15) is 0 Å². The van der Waals surface area contributed by atoms with Crippen molar-refractivity contribution in [3.05, 3.63) is 97.2 Å². The van der Waals surface area contributed by atoms with Gasteiger partial charge in [-0.05, 0) is 96.3 Å². The molecule has 0 aliphatic rings. The first kappa shape index (κ1) is 46.8. The second-order valence-corrected chi connectivity index (χ2v) is 12.6. The van der Waals surface area contributed by atoms with Crippen molar-refractivity contribution in [2.24, 2.45) is 0 Å².